The van der Waals surface area contributed by atoms with Gasteiger partial charge in [0.05, 0.1) is 16.3 Å². The van der Waals surface area contributed by atoms with E-state index in [1.54, 1.807) is 23.5 Å². The van der Waals surface area contributed by atoms with E-state index in [1.807, 2.05) is 29.8 Å². The number of benzene rings is 2. The van der Waals surface area contributed by atoms with Crippen LogP contribution in [0.1, 0.15) is 0 Å². The van der Waals surface area contributed by atoms with E-state index < -0.39 is 0 Å². The van der Waals surface area contributed by atoms with Gasteiger partial charge in [0.15, 0.2) is 0 Å². The summed E-state index contributed by atoms with van der Waals surface area (Å²) in [7, 11) is 0. The van der Waals surface area contributed by atoms with Gasteiger partial charge in [0.25, 0.3) is 0 Å². The predicted octanol–water partition coefficient (Wildman–Crippen LogP) is 6.09. The number of nitrogens with one attached hydrogen (secondary N) is 2. The van der Waals surface area contributed by atoms with Crippen molar-refractivity contribution in [1.29, 1.82) is 0 Å². The molecule has 0 amide bonds. The summed E-state index contributed by atoms with van der Waals surface area (Å²) in [5.41, 5.74) is 4.85. The zero-order valence-electron chi connectivity index (χ0n) is 13.7. The monoisotopic (exact) mass is 359 g/mol. The first-order chi connectivity index (χ1) is 12.8. The highest BCUT2D eigenvalue weighted by molar-refractivity contribution is 7.13. The molecule has 5 aromatic rings. The normalized spacial score (nSPS) is 11.3. The number of hydrogen-bond donors (Lipinski definition) is 2. The van der Waals surface area contributed by atoms with Crippen LogP contribution in [0.2, 0.25) is 0 Å². The Morgan fingerprint density at radius 1 is 0.923 bits per heavy atom. The van der Waals surface area contributed by atoms with Crippen LogP contribution in [0.15, 0.2) is 72.2 Å². The minimum Gasteiger partial charge on any atom is -0.360 e. The molecule has 26 heavy (non-hydrogen) atoms. The number of rotatable bonds is 3. The van der Waals surface area contributed by atoms with Crippen LogP contribution in [0.3, 0.4) is 0 Å². The highest BCUT2D eigenvalue weighted by atomic mass is 32.1. The Morgan fingerprint density at radius 2 is 1.77 bits per heavy atom. The van der Waals surface area contributed by atoms with Gasteiger partial charge in [-0.1, -0.05) is 24.3 Å². The first-order valence-electron chi connectivity index (χ1n) is 8.26. The molecule has 2 N–H and O–H groups in total. The van der Waals surface area contributed by atoms with E-state index >= 15 is 0 Å². The maximum Gasteiger partial charge on any atom is 0.138 e. The lowest BCUT2D eigenvalue weighted by Gasteiger charge is -1.99. The number of H-pyrrole nitrogens is 2. The van der Waals surface area contributed by atoms with Crippen LogP contribution in [0.25, 0.3) is 44.1 Å². The predicted molar refractivity (Wildman–Crippen MR) is 105 cm³/mol. The molecule has 3 heterocycles. The molecule has 0 radical (unpaired) electrons. The van der Waals surface area contributed by atoms with Crippen molar-refractivity contribution in [2.75, 3.05) is 0 Å². The molecule has 0 aliphatic rings. The Labute approximate surface area is 153 Å². The van der Waals surface area contributed by atoms with Crippen molar-refractivity contribution >= 4 is 22.2 Å². The first-order valence-corrected chi connectivity index (χ1v) is 9.14. The molecule has 0 saturated heterocycles. The molecular weight excluding hydrogens is 345 g/mol. The van der Waals surface area contributed by atoms with Crippen molar-refractivity contribution in [2.24, 2.45) is 0 Å². The fraction of sp³-hybridized carbons (Fsp3) is 0. The quantitative estimate of drug-likeness (QED) is 0.402. The van der Waals surface area contributed by atoms with E-state index in [1.165, 1.54) is 12.1 Å². The average Bonchev–Trinajstić information content (AvgIpc) is 3.40. The van der Waals surface area contributed by atoms with Crippen molar-refractivity contribution in [3.63, 3.8) is 0 Å². The maximum atomic E-state index is 13.3. The third-order valence-corrected chi connectivity index (χ3v) is 5.32. The minimum atomic E-state index is -0.254. The van der Waals surface area contributed by atoms with Gasteiger partial charge in [-0.3, -0.25) is 0 Å². The summed E-state index contributed by atoms with van der Waals surface area (Å²) in [5.74, 6) is 0.476. The zero-order chi connectivity index (χ0) is 17.5. The first kappa shape index (κ1) is 15.1. The van der Waals surface area contributed by atoms with Gasteiger partial charge in [0.2, 0.25) is 0 Å². The average molecular weight is 359 g/mol. The Hall–Kier alpha value is -3.18. The topological polar surface area (TPSA) is 44.5 Å². The van der Waals surface area contributed by atoms with E-state index in [2.05, 4.69) is 28.2 Å². The second kappa shape index (κ2) is 5.97. The Bertz CT molecular complexity index is 1180. The van der Waals surface area contributed by atoms with Gasteiger partial charge >= 0.3 is 0 Å². The number of hydrogen-bond acceptors (Lipinski definition) is 2. The lowest BCUT2D eigenvalue weighted by Crippen LogP contribution is -1.81. The second-order valence-electron chi connectivity index (χ2n) is 6.04. The summed E-state index contributed by atoms with van der Waals surface area (Å²) in [5, 5.41) is 3.18. The van der Waals surface area contributed by atoms with Crippen molar-refractivity contribution in [1.82, 2.24) is 15.0 Å². The third kappa shape index (κ3) is 2.45. The zero-order valence-corrected chi connectivity index (χ0v) is 14.5. The smallest absolute Gasteiger partial charge is 0.138 e. The summed E-state index contributed by atoms with van der Waals surface area (Å²) in [6, 6.07) is 18.7. The summed E-state index contributed by atoms with van der Waals surface area (Å²) >= 11 is 1.66. The Kier molecular flexibility index (Phi) is 3.47. The van der Waals surface area contributed by atoms with Crippen LogP contribution in [-0.4, -0.2) is 15.0 Å². The number of thiophene rings is 1. The Balaban J connectivity index is 1.74. The molecule has 0 aliphatic heterocycles. The lowest BCUT2D eigenvalue weighted by molar-refractivity contribution is 0.628. The van der Waals surface area contributed by atoms with Gasteiger partial charge in [-0.15, -0.1) is 11.3 Å². The Morgan fingerprint density at radius 3 is 2.58 bits per heavy atom. The van der Waals surface area contributed by atoms with Crippen molar-refractivity contribution in [2.45, 2.75) is 0 Å². The van der Waals surface area contributed by atoms with E-state index in [9.17, 15) is 4.39 Å². The number of aromatic amines is 2. The van der Waals surface area contributed by atoms with Gasteiger partial charge < -0.3 is 9.97 Å². The minimum absolute atomic E-state index is 0.254. The maximum absolute atomic E-state index is 13.3. The number of halogens is 1. The van der Waals surface area contributed by atoms with Crippen LogP contribution in [-0.2, 0) is 0 Å². The molecule has 3 aromatic heterocycles. The third-order valence-electron chi connectivity index (χ3n) is 4.43. The summed E-state index contributed by atoms with van der Waals surface area (Å²) < 4.78 is 13.3. The molecule has 0 spiro atoms. The summed E-state index contributed by atoms with van der Waals surface area (Å²) in [4.78, 5) is 12.7. The number of imidazole rings is 1. The molecule has 0 saturated carbocycles. The van der Waals surface area contributed by atoms with E-state index in [-0.39, 0.29) is 5.82 Å². The van der Waals surface area contributed by atoms with E-state index in [0.717, 1.165) is 44.1 Å². The number of fused-ring (bicyclic) bond motifs is 1. The highest BCUT2D eigenvalue weighted by Gasteiger charge is 2.18. The van der Waals surface area contributed by atoms with Gasteiger partial charge in [0, 0.05) is 28.2 Å². The standard InChI is InChI=1S/C21H14FN3S/c22-14-9-7-13(8-10-14)21-24-19(20(25-21)18-6-3-11-26-18)16-12-23-17-5-2-1-4-15(16)17/h1-12,23H,(H,24,25). The highest BCUT2D eigenvalue weighted by Crippen LogP contribution is 2.38. The largest absolute Gasteiger partial charge is 0.360 e. The van der Waals surface area contributed by atoms with Crippen molar-refractivity contribution in [3.05, 3.63) is 78.1 Å². The van der Waals surface area contributed by atoms with Crippen LogP contribution in [0.4, 0.5) is 4.39 Å². The fourth-order valence-corrected chi connectivity index (χ4v) is 3.91. The lowest BCUT2D eigenvalue weighted by atomic mass is 10.1. The van der Waals surface area contributed by atoms with Crippen LogP contribution in [0, 0.1) is 5.82 Å². The molecule has 5 rings (SSSR count). The van der Waals surface area contributed by atoms with Crippen LogP contribution in [0.5, 0.6) is 0 Å². The molecule has 3 nitrogen and oxygen atoms in total. The number of para-hydroxylation sites is 1. The summed E-state index contributed by atoms with van der Waals surface area (Å²) in [6.07, 6.45) is 1.99. The molecule has 0 bridgehead atoms. The van der Waals surface area contributed by atoms with Crippen molar-refractivity contribution < 1.29 is 4.39 Å². The van der Waals surface area contributed by atoms with Crippen LogP contribution >= 0.6 is 11.3 Å². The molecule has 0 fully saturated rings. The van der Waals surface area contributed by atoms with Gasteiger partial charge in [0.1, 0.15) is 11.6 Å². The van der Waals surface area contributed by atoms with E-state index in [4.69, 9.17) is 4.98 Å². The van der Waals surface area contributed by atoms with Crippen LogP contribution < -0.4 is 0 Å². The van der Waals surface area contributed by atoms with Crippen molar-refractivity contribution in [3.8, 4) is 33.2 Å². The SMILES string of the molecule is Fc1ccc(-c2nc(-c3c[nH]c4ccccc34)c(-c3cccs3)[nH]2)cc1. The number of nitrogens with zero attached hydrogens (tertiary/aromatic N) is 1. The molecule has 5 heteroatoms. The number of aromatic nitrogens is 3. The molecule has 0 atom stereocenters. The van der Waals surface area contributed by atoms with Gasteiger partial charge in [-0.05, 0) is 41.8 Å². The molecule has 0 aliphatic carbocycles. The van der Waals surface area contributed by atoms with E-state index in [0.29, 0.717) is 0 Å². The fourth-order valence-electron chi connectivity index (χ4n) is 3.18. The summed E-state index contributed by atoms with van der Waals surface area (Å²) in [6.45, 7) is 0. The molecule has 126 valence electrons. The molecular formula is C21H14FN3S. The second-order valence-corrected chi connectivity index (χ2v) is 6.99. The molecule has 2 aromatic carbocycles. The van der Waals surface area contributed by atoms with Gasteiger partial charge in [-0.25, -0.2) is 9.37 Å². The molecule has 0 unspecified atom stereocenters. The van der Waals surface area contributed by atoms with Gasteiger partial charge in [-0.2, -0.15) is 0 Å².